The van der Waals surface area contributed by atoms with E-state index in [0.29, 0.717) is 23.5 Å². The van der Waals surface area contributed by atoms with Crippen molar-refractivity contribution in [3.8, 4) is 11.5 Å². The van der Waals surface area contributed by atoms with E-state index in [-0.39, 0.29) is 5.78 Å². The average molecular weight is 230 g/mol. The van der Waals surface area contributed by atoms with Gasteiger partial charge in [0.2, 0.25) is 0 Å². The Morgan fingerprint density at radius 2 is 2.00 bits per heavy atom. The van der Waals surface area contributed by atoms with Gasteiger partial charge in [0.05, 0.1) is 12.4 Å². The lowest BCUT2D eigenvalue weighted by atomic mass is 10.1. The number of benzene rings is 1. The molecule has 0 atom stereocenters. The Morgan fingerprint density at radius 1 is 1.29 bits per heavy atom. The van der Waals surface area contributed by atoms with Crippen molar-refractivity contribution in [2.24, 2.45) is 7.05 Å². The lowest BCUT2D eigenvalue weighted by molar-refractivity contribution is 0.0988. The van der Waals surface area contributed by atoms with Crippen LogP contribution in [0.5, 0.6) is 11.5 Å². The van der Waals surface area contributed by atoms with Gasteiger partial charge in [-0.1, -0.05) is 6.92 Å². The molecular weight excluding hydrogens is 216 g/mol. The predicted molar refractivity (Wildman–Crippen MR) is 64.3 cm³/mol. The van der Waals surface area contributed by atoms with E-state index in [1.807, 2.05) is 14.0 Å². The second kappa shape index (κ2) is 4.82. The lowest BCUT2D eigenvalue weighted by Crippen LogP contribution is -1.95. The van der Waals surface area contributed by atoms with E-state index < -0.39 is 0 Å². The summed E-state index contributed by atoms with van der Waals surface area (Å²) in [4.78, 5) is 11.4. The highest BCUT2D eigenvalue weighted by Crippen LogP contribution is 2.21. The predicted octanol–water partition coefficient (Wildman–Crippen LogP) is 2.81. The Bertz CT molecular complexity index is 514. The van der Waals surface area contributed by atoms with Crippen LogP contribution in [0.2, 0.25) is 0 Å². The van der Waals surface area contributed by atoms with Crippen molar-refractivity contribution in [3.63, 3.8) is 0 Å². The second-order valence-electron chi connectivity index (χ2n) is 3.75. The largest absolute Gasteiger partial charge is 0.454 e. The number of carbonyl (C=O) groups excluding carboxylic acids is 1. The van der Waals surface area contributed by atoms with Crippen molar-refractivity contribution in [1.82, 2.24) is 9.78 Å². The number of aryl methyl sites for hydroxylation is 1. The molecule has 0 aliphatic carbocycles. The van der Waals surface area contributed by atoms with E-state index in [9.17, 15) is 4.79 Å². The quantitative estimate of drug-likeness (QED) is 0.758. The molecule has 1 heterocycles. The van der Waals surface area contributed by atoms with Crippen molar-refractivity contribution in [2.75, 3.05) is 0 Å². The molecule has 88 valence electrons. The molecule has 0 unspecified atom stereocenters. The smallest absolute Gasteiger partial charge is 0.165 e. The zero-order valence-corrected chi connectivity index (χ0v) is 9.88. The first-order chi connectivity index (χ1) is 8.19. The van der Waals surface area contributed by atoms with E-state index >= 15 is 0 Å². The number of ketones is 1. The number of nitrogens with zero attached hydrogens (tertiary/aromatic N) is 2. The highest BCUT2D eigenvalue weighted by atomic mass is 16.5. The van der Waals surface area contributed by atoms with Crippen molar-refractivity contribution >= 4 is 5.78 Å². The minimum absolute atomic E-state index is 0.137. The third kappa shape index (κ3) is 2.72. The minimum atomic E-state index is 0.137. The Hall–Kier alpha value is -2.10. The van der Waals surface area contributed by atoms with Gasteiger partial charge < -0.3 is 4.74 Å². The summed E-state index contributed by atoms with van der Waals surface area (Å²) in [5.74, 6) is 1.52. The number of rotatable bonds is 4. The first kappa shape index (κ1) is 11.4. The zero-order chi connectivity index (χ0) is 12.3. The third-order valence-electron chi connectivity index (χ3n) is 2.41. The van der Waals surface area contributed by atoms with Crippen LogP contribution in [-0.2, 0) is 7.05 Å². The standard InChI is InChI=1S/C13H14N2O2/c1-3-13(16)10-4-6-11(7-5-10)17-12-8-14-15(2)9-12/h4-9H,3H2,1-2H3. The summed E-state index contributed by atoms with van der Waals surface area (Å²) >= 11 is 0. The normalized spacial score (nSPS) is 10.2. The molecule has 0 radical (unpaired) electrons. The summed E-state index contributed by atoms with van der Waals surface area (Å²) in [6.45, 7) is 1.85. The Labute approximate surface area is 99.8 Å². The van der Waals surface area contributed by atoms with Gasteiger partial charge in [-0.15, -0.1) is 0 Å². The van der Waals surface area contributed by atoms with Gasteiger partial charge >= 0.3 is 0 Å². The Morgan fingerprint density at radius 3 is 2.53 bits per heavy atom. The molecule has 0 N–H and O–H groups in total. The third-order valence-corrected chi connectivity index (χ3v) is 2.41. The van der Waals surface area contributed by atoms with Crippen LogP contribution in [-0.4, -0.2) is 15.6 Å². The number of Topliss-reactive ketones (excluding diaryl/α,β-unsaturated/α-hetero) is 1. The first-order valence-electron chi connectivity index (χ1n) is 5.49. The fourth-order valence-electron chi connectivity index (χ4n) is 1.50. The van der Waals surface area contributed by atoms with Gasteiger partial charge in [0.15, 0.2) is 11.5 Å². The molecule has 0 aliphatic heterocycles. The van der Waals surface area contributed by atoms with E-state index in [1.165, 1.54) is 0 Å². The van der Waals surface area contributed by atoms with Crippen molar-refractivity contribution < 1.29 is 9.53 Å². The maximum Gasteiger partial charge on any atom is 0.165 e. The molecule has 0 fully saturated rings. The summed E-state index contributed by atoms with van der Waals surface area (Å²) in [6.07, 6.45) is 3.94. The second-order valence-corrected chi connectivity index (χ2v) is 3.75. The molecule has 17 heavy (non-hydrogen) atoms. The molecule has 0 amide bonds. The SMILES string of the molecule is CCC(=O)c1ccc(Oc2cnn(C)c2)cc1. The van der Waals surface area contributed by atoms with Crippen molar-refractivity contribution in [1.29, 1.82) is 0 Å². The van der Waals surface area contributed by atoms with Crippen LogP contribution in [0.1, 0.15) is 23.7 Å². The highest BCUT2D eigenvalue weighted by molar-refractivity contribution is 5.95. The molecule has 1 aromatic carbocycles. The number of hydrogen-bond donors (Lipinski definition) is 0. The molecule has 0 bridgehead atoms. The molecule has 2 aromatic rings. The van der Waals surface area contributed by atoms with Gasteiger partial charge in [0.25, 0.3) is 0 Å². The van der Waals surface area contributed by atoms with Crippen LogP contribution in [0.25, 0.3) is 0 Å². The Kier molecular flexibility index (Phi) is 3.23. The molecule has 1 aromatic heterocycles. The fourth-order valence-corrected chi connectivity index (χ4v) is 1.50. The number of hydrogen-bond acceptors (Lipinski definition) is 3. The monoisotopic (exact) mass is 230 g/mol. The summed E-state index contributed by atoms with van der Waals surface area (Å²) in [5.41, 5.74) is 0.714. The van der Waals surface area contributed by atoms with Crippen LogP contribution < -0.4 is 4.74 Å². The topological polar surface area (TPSA) is 44.1 Å². The highest BCUT2D eigenvalue weighted by Gasteiger charge is 2.04. The zero-order valence-electron chi connectivity index (χ0n) is 9.88. The molecule has 0 spiro atoms. The van der Waals surface area contributed by atoms with Gasteiger partial charge in [-0.3, -0.25) is 9.48 Å². The van der Waals surface area contributed by atoms with Crippen molar-refractivity contribution in [3.05, 3.63) is 42.2 Å². The van der Waals surface area contributed by atoms with Gasteiger partial charge in [-0.25, -0.2) is 0 Å². The summed E-state index contributed by atoms with van der Waals surface area (Å²) in [7, 11) is 1.83. The van der Waals surface area contributed by atoms with E-state index in [0.717, 1.165) is 0 Å². The van der Waals surface area contributed by atoms with E-state index in [4.69, 9.17) is 4.74 Å². The Balaban J connectivity index is 2.10. The molecular formula is C13H14N2O2. The number of ether oxygens (including phenoxy) is 1. The molecule has 0 saturated heterocycles. The summed E-state index contributed by atoms with van der Waals surface area (Å²) < 4.78 is 7.24. The van der Waals surface area contributed by atoms with Crippen LogP contribution in [0.4, 0.5) is 0 Å². The van der Waals surface area contributed by atoms with Gasteiger partial charge in [0, 0.05) is 19.0 Å². The van der Waals surface area contributed by atoms with Gasteiger partial charge in [0.1, 0.15) is 5.75 Å². The summed E-state index contributed by atoms with van der Waals surface area (Å²) in [6, 6.07) is 7.13. The van der Waals surface area contributed by atoms with E-state index in [2.05, 4.69) is 5.10 Å². The first-order valence-corrected chi connectivity index (χ1v) is 5.49. The maximum absolute atomic E-state index is 11.4. The maximum atomic E-state index is 11.4. The van der Waals surface area contributed by atoms with Crippen LogP contribution in [0.15, 0.2) is 36.7 Å². The van der Waals surface area contributed by atoms with E-state index in [1.54, 1.807) is 41.3 Å². The molecule has 4 heteroatoms. The molecule has 4 nitrogen and oxygen atoms in total. The van der Waals surface area contributed by atoms with Gasteiger partial charge in [-0.2, -0.15) is 5.10 Å². The van der Waals surface area contributed by atoms with Crippen LogP contribution >= 0.6 is 0 Å². The number of carbonyl (C=O) groups is 1. The fraction of sp³-hybridized carbons (Fsp3) is 0.231. The lowest BCUT2D eigenvalue weighted by Gasteiger charge is -2.03. The minimum Gasteiger partial charge on any atom is -0.454 e. The molecule has 0 aliphatic rings. The van der Waals surface area contributed by atoms with Gasteiger partial charge in [-0.05, 0) is 24.3 Å². The number of aromatic nitrogens is 2. The average Bonchev–Trinajstić information content (AvgIpc) is 2.75. The van der Waals surface area contributed by atoms with Crippen LogP contribution in [0, 0.1) is 0 Å². The molecule has 0 saturated carbocycles. The van der Waals surface area contributed by atoms with Crippen molar-refractivity contribution in [2.45, 2.75) is 13.3 Å². The summed E-state index contributed by atoms with van der Waals surface area (Å²) in [5, 5.41) is 4.01. The van der Waals surface area contributed by atoms with Crippen LogP contribution in [0.3, 0.4) is 0 Å². The molecule has 2 rings (SSSR count).